The number of hydrogen-bond donors (Lipinski definition) is 2. The molecule has 3 atom stereocenters. The second kappa shape index (κ2) is 2.41. The average molecular weight is 192 g/mol. The van der Waals surface area contributed by atoms with E-state index in [2.05, 4.69) is 0 Å². The summed E-state index contributed by atoms with van der Waals surface area (Å²) in [5.41, 5.74) is 0. The molecule has 0 aromatic rings. The van der Waals surface area contributed by atoms with Gasteiger partial charge in [-0.25, -0.2) is 5.14 Å². The van der Waals surface area contributed by atoms with Gasteiger partial charge in [-0.2, -0.15) is 12.7 Å². The van der Waals surface area contributed by atoms with Gasteiger partial charge in [0.2, 0.25) is 0 Å². The van der Waals surface area contributed by atoms with Crippen molar-refractivity contribution in [3.05, 3.63) is 0 Å². The summed E-state index contributed by atoms with van der Waals surface area (Å²) in [5, 5.41) is 13.7. The van der Waals surface area contributed by atoms with E-state index in [9.17, 15) is 8.42 Å². The standard InChI is InChI=1S/C6H12N2O3S/c7-12(10,11)8-1-4-5(2-8)6(4)3-9/h4-6,9H,1-3H2,(H2,7,10,11)/t4-,5+,6?. The summed E-state index contributed by atoms with van der Waals surface area (Å²) in [6, 6.07) is 0. The number of rotatable bonds is 2. The lowest BCUT2D eigenvalue weighted by Crippen LogP contribution is -2.37. The van der Waals surface area contributed by atoms with Crippen molar-refractivity contribution < 1.29 is 13.5 Å². The number of hydrogen-bond acceptors (Lipinski definition) is 3. The van der Waals surface area contributed by atoms with Crippen molar-refractivity contribution in [1.29, 1.82) is 0 Å². The molecule has 0 radical (unpaired) electrons. The number of nitrogens with two attached hydrogens (primary N) is 1. The molecule has 2 aliphatic rings. The van der Waals surface area contributed by atoms with E-state index in [0.29, 0.717) is 30.8 Å². The largest absolute Gasteiger partial charge is 0.396 e. The molecule has 5 nitrogen and oxygen atoms in total. The predicted octanol–water partition coefficient (Wildman–Crippen LogP) is -1.64. The molecule has 2 fully saturated rings. The topological polar surface area (TPSA) is 83.6 Å². The molecule has 0 aromatic carbocycles. The van der Waals surface area contributed by atoms with Gasteiger partial charge in [0.15, 0.2) is 0 Å². The van der Waals surface area contributed by atoms with Crippen LogP contribution in [-0.2, 0) is 10.2 Å². The minimum atomic E-state index is -3.48. The van der Waals surface area contributed by atoms with Crippen molar-refractivity contribution in [2.45, 2.75) is 0 Å². The molecule has 0 spiro atoms. The second-order valence-corrected chi connectivity index (χ2v) is 5.08. The summed E-state index contributed by atoms with van der Waals surface area (Å²) in [4.78, 5) is 0. The highest BCUT2D eigenvalue weighted by molar-refractivity contribution is 7.86. The fourth-order valence-corrected chi connectivity index (χ4v) is 2.85. The van der Waals surface area contributed by atoms with E-state index in [4.69, 9.17) is 10.2 Å². The highest BCUT2D eigenvalue weighted by Crippen LogP contribution is 2.51. The number of nitrogens with zero attached hydrogens (tertiary/aromatic N) is 1. The fraction of sp³-hybridized carbons (Fsp3) is 1.00. The maximum absolute atomic E-state index is 10.8. The van der Waals surface area contributed by atoms with Crippen LogP contribution in [0.2, 0.25) is 0 Å². The maximum Gasteiger partial charge on any atom is 0.276 e. The summed E-state index contributed by atoms with van der Waals surface area (Å²) in [6.07, 6.45) is 0. The van der Waals surface area contributed by atoms with Crippen LogP contribution in [0.3, 0.4) is 0 Å². The zero-order chi connectivity index (χ0) is 8.93. The van der Waals surface area contributed by atoms with Crippen LogP contribution >= 0.6 is 0 Å². The Morgan fingerprint density at radius 3 is 2.25 bits per heavy atom. The van der Waals surface area contributed by atoms with Crippen LogP contribution in [0.15, 0.2) is 0 Å². The maximum atomic E-state index is 10.8. The van der Waals surface area contributed by atoms with Gasteiger partial charge < -0.3 is 5.11 Å². The molecular formula is C6H12N2O3S. The van der Waals surface area contributed by atoms with E-state index in [0.717, 1.165) is 0 Å². The normalized spacial score (nSPS) is 41.3. The fourth-order valence-electron chi connectivity index (χ4n) is 2.09. The van der Waals surface area contributed by atoms with E-state index in [1.807, 2.05) is 0 Å². The smallest absolute Gasteiger partial charge is 0.276 e. The van der Waals surface area contributed by atoms with Crippen LogP contribution in [-0.4, -0.2) is 37.5 Å². The van der Waals surface area contributed by atoms with Gasteiger partial charge in [-0.1, -0.05) is 0 Å². The van der Waals surface area contributed by atoms with Crippen molar-refractivity contribution in [2.24, 2.45) is 22.9 Å². The average Bonchev–Trinajstić information content (AvgIpc) is 2.39. The molecule has 1 aliphatic carbocycles. The molecule has 70 valence electrons. The summed E-state index contributed by atoms with van der Waals surface area (Å²) >= 11 is 0. The van der Waals surface area contributed by atoms with Crippen LogP contribution in [0.25, 0.3) is 0 Å². The molecule has 2 rings (SSSR count). The first kappa shape index (κ1) is 8.43. The third-order valence-electron chi connectivity index (χ3n) is 2.91. The molecule has 0 bridgehead atoms. The van der Waals surface area contributed by atoms with Crippen molar-refractivity contribution in [2.75, 3.05) is 19.7 Å². The number of fused-ring (bicyclic) bond motifs is 1. The first-order chi connectivity index (χ1) is 5.54. The van der Waals surface area contributed by atoms with Gasteiger partial charge in [0.25, 0.3) is 10.2 Å². The SMILES string of the molecule is NS(=O)(=O)N1C[C@@H]2C(CO)[C@@H]2C1. The molecule has 0 amide bonds. The Morgan fingerprint density at radius 2 is 1.92 bits per heavy atom. The van der Waals surface area contributed by atoms with Crippen LogP contribution in [0.1, 0.15) is 0 Å². The Bertz CT molecular complexity index is 277. The summed E-state index contributed by atoms with van der Waals surface area (Å²) < 4.78 is 23.0. The molecular weight excluding hydrogens is 180 g/mol. The Hall–Kier alpha value is -0.170. The minimum absolute atomic E-state index is 0.174. The Kier molecular flexibility index (Phi) is 1.69. The second-order valence-electron chi connectivity index (χ2n) is 3.54. The van der Waals surface area contributed by atoms with E-state index in [-0.39, 0.29) is 6.61 Å². The van der Waals surface area contributed by atoms with Crippen molar-refractivity contribution in [1.82, 2.24) is 4.31 Å². The zero-order valence-corrected chi connectivity index (χ0v) is 7.37. The molecule has 1 unspecified atom stereocenters. The lowest BCUT2D eigenvalue weighted by molar-refractivity contribution is 0.247. The molecule has 6 heteroatoms. The van der Waals surface area contributed by atoms with Gasteiger partial charge in [0, 0.05) is 19.7 Å². The first-order valence-corrected chi connectivity index (χ1v) is 5.43. The van der Waals surface area contributed by atoms with E-state index >= 15 is 0 Å². The number of piperidine rings is 1. The summed E-state index contributed by atoms with van der Waals surface area (Å²) in [6.45, 7) is 1.16. The van der Waals surface area contributed by atoms with Crippen molar-refractivity contribution in [3.63, 3.8) is 0 Å². The van der Waals surface area contributed by atoms with Crippen molar-refractivity contribution >= 4 is 10.2 Å². The first-order valence-electron chi connectivity index (χ1n) is 3.93. The van der Waals surface area contributed by atoms with Gasteiger partial charge in [0.05, 0.1) is 0 Å². The Morgan fingerprint density at radius 1 is 1.42 bits per heavy atom. The van der Waals surface area contributed by atoms with Gasteiger partial charge in [-0.05, 0) is 17.8 Å². The highest BCUT2D eigenvalue weighted by Gasteiger charge is 2.56. The van der Waals surface area contributed by atoms with E-state index in [1.165, 1.54) is 4.31 Å². The minimum Gasteiger partial charge on any atom is -0.396 e. The van der Waals surface area contributed by atoms with Crippen LogP contribution in [0, 0.1) is 17.8 Å². The molecule has 12 heavy (non-hydrogen) atoms. The van der Waals surface area contributed by atoms with Gasteiger partial charge in [0.1, 0.15) is 0 Å². The number of aliphatic hydroxyl groups excluding tert-OH is 1. The molecule has 0 aromatic heterocycles. The Balaban J connectivity index is 1.99. The third-order valence-corrected chi connectivity index (χ3v) is 3.93. The molecule has 1 saturated heterocycles. The molecule has 1 aliphatic heterocycles. The summed E-state index contributed by atoms with van der Waals surface area (Å²) in [5.74, 6) is 1.03. The van der Waals surface area contributed by atoms with Gasteiger partial charge in [-0.3, -0.25) is 0 Å². The van der Waals surface area contributed by atoms with E-state index in [1.54, 1.807) is 0 Å². The molecule has 1 heterocycles. The van der Waals surface area contributed by atoms with Crippen LogP contribution in [0.5, 0.6) is 0 Å². The monoisotopic (exact) mass is 192 g/mol. The third kappa shape index (κ3) is 1.15. The zero-order valence-electron chi connectivity index (χ0n) is 6.55. The van der Waals surface area contributed by atoms with Crippen LogP contribution < -0.4 is 5.14 Å². The van der Waals surface area contributed by atoms with Crippen molar-refractivity contribution in [3.8, 4) is 0 Å². The lowest BCUT2D eigenvalue weighted by Gasteiger charge is -2.15. The lowest BCUT2D eigenvalue weighted by atomic mass is 10.3. The molecule has 1 saturated carbocycles. The molecule has 3 N–H and O–H groups in total. The summed E-state index contributed by atoms with van der Waals surface area (Å²) in [7, 11) is -3.48. The van der Waals surface area contributed by atoms with Gasteiger partial charge in [-0.15, -0.1) is 0 Å². The van der Waals surface area contributed by atoms with E-state index < -0.39 is 10.2 Å². The number of aliphatic hydroxyl groups is 1. The highest BCUT2D eigenvalue weighted by atomic mass is 32.2. The Labute approximate surface area is 71.3 Å². The predicted molar refractivity (Wildman–Crippen MR) is 42.2 cm³/mol. The van der Waals surface area contributed by atoms with Crippen LogP contribution in [0.4, 0.5) is 0 Å². The van der Waals surface area contributed by atoms with Gasteiger partial charge >= 0.3 is 0 Å². The quantitative estimate of drug-likeness (QED) is 0.550.